The van der Waals surface area contributed by atoms with Crippen molar-refractivity contribution in [3.63, 3.8) is 0 Å². The molecule has 0 saturated heterocycles. The molecular weight excluding hydrogens is 1120 g/mol. The van der Waals surface area contributed by atoms with Crippen LogP contribution in [0.2, 0.25) is 0 Å². The molecule has 0 fully saturated rings. The van der Waals surface area contributed by atoms with E-state index in [1.54, 1.807) is 0 Å². The van der Waals surface area contributed by atoms with E-state index in [4.69, 9.17) is 0 Å². The Hall–Kier alpha value is -12.7. The summed E-state index contributed by atoms with van der Waals surface area (Å²) < 4.78 is 14.6. The van der Waals surface area contributed by atoms with Crippen LogP contribution in [0.3, 0.4) is 0 Å². The summed E-state index contributed by atoms with van der Waals surface area (Å²) in [6.45, 7) is 0. The highest BCUT2D eigenvalue weighted by molar-refractivity contribution is 6.17. The number of benzene rings is 13. The first-order chi connectivity index (χ1) is 45.6. The fourth-order valence-electron chi connectivity index (χ4n) is 15.7. The molecule has 0 aliphatic carbocycles. The molecule has 92 heavy (non-hydrogen) atoms. The lowest BCUT2D eigenvalue weighted by atomic mass is 9.99. The third-order valence-electron chi connectivity index (χ3n) is 19.5. The third kappa shape index (κ3) is 7.01. The normalized spacial score (nSPS) is 12.1. The standard InChI is InChI=1S/C84H50N8/c85-51-53-45-83(91-79-46-54(87-71-25-9-1-17-58(71)59-18-2-10-26-72(59)87)33-37-66(79)67-38-34-55(47-80(67)91)88-73-27-11-3-19-60(73)61-20-4-12-28-74(61)88)84(50-70(53)52-41-43-86-44-42-52)92-81-48-56(89-75-29-13-5-21-62(75)63-22-6-14-30-76(63)89)35-39-68(81)69-40-36-57(49-82(69)92)90-77-31-15-7-23-64(77)65-24-8-16-32-78(65)90/h1-50H. The van der Waals surface area contributed by atoms with Gasteiger partial charge in [-0.3, -0.25) is 4.98 Å². The summed E-state index contributed by atoms with van der Waals surface area (Å²) in [4.78, 5) is 4.49. The number of rotatable bonds is 7. The van der Waals surface area contributed by atoms with Crippen molar-refractivity contribution in [2.24, 2.45) is 0 Å². The van der Waals surface area contributed by atoms with E-state index < -0.39 is 0 Å². The number of pyridine rings is 1. The van der Waals surface area contributed by atoms with Crippen LogP contribution in [0.25, 0.3) is 176 Å². The van der Waals surface area contributed by atoms with Crippen molar-refractivity contribution in [1.82, 2.24) is 32.4 Å². The van der Waals surface area contributed by atoms with Crippen LogP contribution in [0.4, 0.5) is 0 Å². The maximum atomic E-state index is 11.8. The molecule has 0 bridgehead atoms. The summed E-state index contributed by atoms with van der Waals surface area (Å²) in [6.07, 6.45) is 3.64. The molecule has 13 aromatic carbocycles. The summed E-state index contributed by atoms with van der Waals surface area (Å²) in [5.41, 5.74) is 21.2. The van der Waals surface area contributed by atoms with Gasteiger partial charge < -0.3 is 27.4 Å². The molecule has 0 N–H and O–H groups in total. The van der Waals surface area contributed by atoms with E-state index in [0.717, 1.165) is 133 Å². The quantitative estimate of drug-likeness (QED) is 0.160. The molecule has 0 unspecified atom stereocenters. The van der Waals surface area contributed by atoms with Crippen LogP contribution in [0.5, 0.6) is 0 Å². The lowest BCUT2D eigenvalue weighted by molar-refractivity contribution is 1.08. The van der Waals surface area contributed by atoms with E-state index in [1.165, 1.54) is 43.1 Å². The van der Waals surface area contributed by atoms with Crippen LogP contribution >= 0.6 is 0 Å². The van der Waals surface area contributed by atoms with Gasteiger partial charge in [0.15, 0.2) is 0 Å². The van der Waals surface area contributed by atoms with E-state index in [9.17, 15) is 5.26 Å². The molecule has 426 valence electrons. The third-order valence-corrected chi connectivity index (χ3v) is 19.5. The Morgan fingerprint density at radius 2 is 0.467 bits per heavy atom. The number of aromatic nitrogens is 7. The molecule has 0 amide bonds. The van der Waals surface area contributed by atoms with Crippen LogP contribution < -0.4 is 0 Å². The van der Waals surface area contributed by atoms with Gasteiger partial charge in [0.05, 0.1) is 89.2 Å². The predicted octanol–water partition coefficient (Wildman–Crippen LogP) is 21.2. The van der Waals surface area contributed by atoms with Gasteiger partial charge in [-0.1, -0.05) is 170 Å². The summed E-state index contributed by atoms with van der Waals surface area (Å²) in [5.74, 6) is 0. The number of hydrogen-bond acceptors (Lipinski definition) is 2. The summed E-state index contributed by atoms with van der Waals surface area (Å²) in [6, 6.07) is 109. The van der Waals surface area contributed by atoms with E-state index in [-0.39, 0.29) is 0 Å². The first kappa shape index (κ1) is 50.3. The van der Waals surface area contributed by atoms with Gasteiger partial charge in [-0.15, -0.1) is 0 Å². The van der Waals surface area contributed by atoms with Gasteiger partial charge >= 0.3 is 0 Å². The van der Waals surface area contributed by atoms with Crippen molar-refractivity contribution >= 4 is 131 Å². The van der Waals surface area contributed by atoms with Crippen LogP contribution in [0.15, 0.2) is 304 Å². The van der Waals surface area contributed by atoms with Gasteiger partial charge in [-0.25, -0.2) is 0 Å². The lowest BCUT2D eigenvalue weighted by Crippen LogP contribution is -2.07. The highest BCUT2D eigenvalue weighted by Crippen LogP contribution is 2.46. The smallest absolute Gasteiger partial charge is 0.0998 e. The topological polar surface area (TPSA) is 66.3 Å². The first-order valence-corrected chi connectivity index (χ1v) is 31.2. The van der Waals surface area contributed by atoms with Crippen LogP contribution in [-0.2, 0) is 0 Å². The van der Waals surface area contributed by atoms with Crippen LogP contribution in [0.1, 0.15) is 5.56 Å². The summed E-state index contributed by atoms with van der Waals surface area (Å²) >= 11 is 0. The highest BCUT2D eigenvalue weighted by Gasteiger charge is 2.26. The number of fused-ring (bicyclic) bond motifs is 18. The number of hydrogen-bond donors (Lipinski definition) is 0. The Morgan fingerprint density at radius 3 is 0.728 bits per heavy atom. The molecule has 20 aromatic rings. The Balaban J connectivity index is 0.959. The van der Waals surface area contributed by atoms with Crippen molar-refractivity contribution < 1.29 is 0 Å². The van der Waals surface area contributed by atoms with Crippen LogP contribution in [0, 0.1) is 11.3 Å². The van der Waals surface area contributed by atoms with Gasteiger partial charge in [0.1, 0.15) is 0 Å². The second-order valence-electron chi connectivity index (χ2n) is 24.2. The zero-order chi connectivity index (χ0) is 60.3. The average molecular weight is 1170 g/mol. The van der Waals surface area contributed by atoms with E-state index in [2.05, 4.69) is 318 Å². The maximum absolute atomic E-state index is 11.8. The molecule has 0 spiro atoms. The van der Waals surface area contributed by atoms with Gasteiger partial charge in [0, 0.05) is 105 Å². The molecule has 0 atom stereocenters. The second kappa shape index (κ2) is 19.2. The molecule has 8 heteroatoms. The van der Waals surface area contributed by atoms with Crippen molar-refractivity contribution in [1.29, 1.82) is 5.26 Å². The highest BCUT2D eigenvalue weighted by atomic mass is 15.1. The van der Waals surface area contributed by atoms with Crippen molar-refractivity contribution in [3.05, 3.63) is 309 Å². The Morgan fingerprint density at radius 1 is 0.228 bits per heavy atom. The maximum Gasteiger partial charge on any atom is 0.0998 e. The van der Waals surface area contributed by atoms with Crippen molar-refractivity contribution in [2.45, 2.75) is 0 Å². The van der Waals surface area contributed by atoms with Gasteiger partial charge in [-0.05, 0) is 127 Å². The number of para-hydroxylation sites is 8. The molecule has 8 nitrogen and oxygen atoms in total. The minimum absolute atomic E-state index is 0.541. The lowest BCUT2D eigenvalue weighted by Gasteiger charge is -2.20. The average Bonchev–Trinajstić information content (AvgIpc) is 1.83. The Labute approximate surface area is 526 Å². The summed E-state index contributed by atoms with van der Waals surface area (Å²) in [5, 5.41) is 25.7. The van der Waals surface area contributed by atoms with Gasteiger partial charge in [0.25, 0.3) is 0 Å². The Kier molecular flexibility index (Phi) is 10.5. The number of nitriles is 1. The Bertz CT molecular complexity index is 6040. The monoisotopic (exact) mass is 1170 g/mol. The SMILES string of the molecule is N#Cc1cc(-n2c3cc(-n4c5ccccc5c5ccccc54)ccc3c3ccc(-n4c5ccccc5c5ccccc54)cc32)c(-n2c3cc(-n4c5ccccc5c5ccccc54)ccc3c3ccc(-n4c5ccccc5c5ccccc54)cc32)cc1-c1ccncc1. The zero-order valence-electron chi connectivity index (χ0n) is 49.4. The molecule has 20 rings (SSSR count). The molecule has 0 aliphatic heterocycles. The molecule has 0 radical (unpaired) electrons. The van der Waals surface area contributed by atoms with E-state index in [1.807, 2.05) is 24.5 Å². The van der Waals surface area contributed by atoms with Crippen LogP contribution in [-0.4, -0.2) is 32.4 Å². The zero-order valence-corrected chi connectivity index (χ0v) is 49.4. The fraction of sp³-hybridized carbons (Fsp3) is 0. The molecule has 0 aliphatic rings. The minimum Gasteiger partial charge on any atom is -0.309 e. The largest absolute Gasteiger partial charge is 0.309 e. The summed E-state index contributed by atoms with van der Waals surface area (Å²) in [7, 11) is 0. The predicted molar refractivity (Wildman–Crippen MR) is 380 cm³/mol. The molecule has 7 aromatic heterocycles. The molecule has 0 saturated carbocycles. The first-order valence-electron chi connectivity index (χ1n) is 31.2. The van der Waals surface area contributed by atoms with Gasteiger partial charge in [-0.2, -0.15) is 5.26 Å². The van der Waals surface area contributed by atoms with E-state index >= 15 is 0 Å². The molecular formula is C84H50N8. The number of nitrogens with zero attached hydrogens (tertiary/aromatic N) is 8. The van der Waals surface area contributed by atoms with Crippen molar-refractivity contribution in [2.75, 3.05) is 0 Å². The minimum atomic E-state index is 0.541. The van der Waals surface area contributed by atoms with E-state index in [0.29, 0.717) is 5.56 Å². The fourth-order valence-corrected chi connectivity index (χ4v) is 15.7. The second-order valence-corrected chi connectivity index (χ2v) is 24.2. The van der Waals surface area contributed by atoms with Gasteiger partial charge in [0.2, 0.25) is 0 Å². The molecule has 7 heterocycles. The van der Waals surface area contributed by atoms with Crippen molar-refractivity contribution in [3.8, 4) is 51.3 Å².